The maximum absolute atomic E-state index is 13.1. The van der Waals surface area contributed by atoms with Crippen molar-refractivity contribution in [3.05, 3.63) is 41.7 Å². The molecule has 0 spiro atoms. The lowest BCUT2D eigenvalue weighted by molar-refractivity contribution is -0.116. The quantitative estimate of drug-likeness (QED) is 0.630. The molecule has 0 saturated heterocycles. The third kappa shape index (κ3) is 5.15. The lowest BCUT2D eigenvalue weighted by Gasteiger charge is -2.07. The molecule has 0 fully saturated rings. The van der Waals surface area contributed by atoms with Gasteiger partial charge in [-0.2, -0.15) is 0 Å². The molecule has 0 aliphatic heterocycles. The summed E-state index contributed by atoms with van der Waals surface area (Å²) in [5.74, 6) is -0.366. The standard InChI is InChI=1S/C13H16FNO2/c1-10(2)9-13(16)15-7-8-17-12-6-4-3-5-11(12)14/h3-6,9H,7-8H2,1-2H3,(H,15,16). The van der Waals surface area contributed by atoms with E-state index in [1.807, 2.05) is 13.8 Å². The van der Waals surface area contributed by atoms with Gasteiger partial charge in [-0.3, -0.25) is 4.79 Å². The van der Waals surface area contributed by atoms with Gasteiger partial charge in [0.2, 0.25) is 5.91 Å². The number of amides is 1. The Morgan fingerprint density at radius 2 is 2.12 bits per heavy atom. The van der Waals surface area contributed by atoms with Gasteiger partial charge in [-0.1, -0.05) is 17.7 Å². The summed E-state index contributed by atoms with van der Waals surface area (Å²) < 4.78 is 18.3. The molecule has 3 nitrogen and oxygen atoms in total. The molecule has 1 N–H and O–H groups in total. The predicted octanol–water partition coefficient (Wildman–Crippen LogP) is 2.29. The van der Waals surface area contributed by atoms with Crippen molar-refractivity contribution in [1.29, 1.82) is 0 Å². The molecule has 4 heteroatoms. The van der Waals surface area contributed by atoms with Gasteiger partial charge >= 0.3 is 0 Å². The van der Waals surface area contributed by atoms with Gasteiger partial charge in [0.05, 0.1) is 6.54 Å². The van der Waals surface area contributed by atoms with Crippen LogP contribution in [0.3, 0.4) is 0 Å². The number of rotatable bonds is 5. The third-order valence-electron chi connectivity index (χ3n) is 1.92. The van der Waals surface area contributed by atoms with Crippen LogP contribution in [0, 0.1) is 5.82 Å². The van der Waals surface area contributed by atoms with E-state index in [0.29, 0.717) is 6.54 Å². The summed E-state index contributed by atoms with van der Waals surface area (Å²) in [6.45, 7) is 4.27. The van der Waals surface area contributed by atoms with Crippen molar-refractivity contribution in [2.75, 3.05) is 13.2 Å². The van der Waals surface area contributed by atoms with Crippen molar-refractivity contribution in [2.24, 2.45) is 0 Å². The Labute approximate surface area is 100 Å². The molecule has 1 amide bonds. The highest BCUT2D eigenvalue weighted by Gasteiger charge is 2.01. The van der Waals surface area contributed by atoms with Crippen molar-refractivity contribution < 1.29 is 13.9 Å². The van der Waals surface area contributed by atoms with Crippen LogP contribution in [-0.2, 0) is 4.79 Å². The number of para-hydroxylation sites is 1. The van der Waals surface area contributed by atoms with E-state index in [4.69, 9.17) is 4.74 Å². The fourth-order valence-corrected chi connectivity index (χ4v) is 1.21. The van der Waals surface area contributed by atoms with Crippen LogP contribution in [0.4, 0.5) is 4.39 Å². The second kappa shape index (κ2) is 6.68. The minimum Gasteiger partial charge on any atom is -0.489 e. The highest BCUT2D eigenvalue weighted by atomic mass is 19.1. The molecule has 0 aliphatic rings. The van der Waals surface area contributed by atoms with Gasteiger partial charge < -0.3 is 10.1 Å². The zero-order valence-corrected chi connectivity index (χ0v) is 10.00. The second-order valence-electron chi connectivity index (χ2n) is 3.79. The smallest absolute Gasteiger partial charge is 0.244 e. The van der Waals surface area contributed by atoms with Crippen molar-refractivity contribution in [1.82, 2.24) is 5.32 Å². The molecule has 0 unspecified atom stereocenters. The van der Waals surface area contributed by atoms with Gasteiger partial charge in [0.15, 0.2) is 11.6 Å². The first-order chi connectivity index (χ1) is 8.09. The molecular formula is C13H16FNO2. The van der Waals surface area contributed by atoms with Gasteiger partial charge in [-0.25, -0.2) is 4.39 Å². The molecule has 0 radical (unpaired) electrons. The van der Waals surface area contributed by atoms with Crippen LogP contribution in [0.15, 0.2) is 35.9 Å². The van der Waals surface area contributed by atoms with E-state index < -0.39 is 5.82 Å². The number of benzene rings is 1. The summed E-state index contributed by atoms with van der Waals surface area (Å²) in [7, 11) is 0. The molecule has 1 aromatic rings. The molecular weight excluding hydrogens is 221 g/mol. The third-order valence-corrected chi connectivity index (χ3v) is 1.92. The van der Waals surface area contributed by atoms with Crippen molar-refractivity contribution in [2.45, 2.75) is 13.8 Å². The highest BCUT2D eigenvalue weighted by Crippen LogP contribution is 2.14. The monoisotopic (exact) mass is 237 g/mol. The molecule has 0 saturated carbocycles. The van der Waals surface area contributed by atoms with E-state index in [0.717, 1.165) is 5.57 Å². The normalized spacial score (nSPS) is 9.59. The van der Waals surface area contributed by atoms with E-state index in [1.54, 1.807) is 18.2 Å². The fraction of sp³-hybridized carbons (Fsp3) is 0.308. The average Bonchev–Trinajstić information content (AvgIpc) is 2.25. The van der Waals surface area contributed by atoms with Gasteiger partial charge in [0, 0.05) is 6.08 Å². The summed E-state index contributed by atoms with van der Waals surface area (Å²) in [6.07, 6.45) is 1.50. The predicted molar refractivity (Wildman–Crippen MR) is 64.3 cm³/mol. The van der Waals surface area contributed by atoms with Gasteiger partial charge in [0.1, 0.15) is 6.61 Å². The first kappa shape index (κ1) is 13.2. The van der Waals surface area contributed by atoms with Gasteiger partial charge in [-0.05, 0) is 26.0 Å². The van der Waals surface area contributed by atoms with Crippen LogP contribution >= 0.6 is 0 Å². The maximum Gasteiger partial charge on any atom is 0.244 e. The van der Waals surface area contributed by atoms with Gasteiger partial charge in [-0.15, -0.1) is 0 Å². The second-order valence-corrected chi connectivity index (χ2v) is 3.79. The van der Waals surface area contributed by atoms with Crippen LogP contribution in [-0.4, -0.2) is 19.1 Å². The molecule has 17 heavy (non-hydrogen) atoms. The molecule has 0 aliphatic carbocycles. The number of hydrogen-bond donors (Lipinski definition) is 1. The number of ether oxygens (including phenoxy) is 1. The maximum atomic E-state index is 13.1. The lowest BCUT2D eigenvalue weighted by atomic mass is 10.3. The van der Waals surface area contributed by atoms with Crippen LogP contribution in [0.25, 0.3) is 0 Å². The Morgan fingerprint density at radius 3 is 2.76 bits per heavy atom. The number of halogens is 1. The van der Waals surface area contributed by atoms with E-state index in [1.165, 1.54) is 12.1 Å². The van der Waals surface area contributed by atoms with Gasteiger partial charge in [0.25, 0.3) is 0 Å². The number of allylic oxidation sites excluding steroid dienone is 1. The first-order valence-electron chi connectivity index (χ1n) is 5.39. The Balaban J connectivity index is 2.28. The summed E-state index contributed by atoms with van der Waals surface area (Å²) in [5.41, 5.74) is 0.928. The molecule has 0 aromatic heterocycles. The summed E-state index contributed by atoms with van der Waals surface area (Å²) in [5, 5.41) is 2.64. The summed E-state index contributed by atoms with van der Waals surface area (Å²) in [6, 6.07) is 6.17. The number of hydrogen-bond acceptors (Lipinski definition) is 2. The molecule has 0 heterocycles. The highest BCUT2D eigenvalue weighted by molar-refractivity contribution is 5.87. The molecule has 0 bridgehead atoms. The lowest BCUT2D eigenvalue weighted by Crippen LogP contribution is -2.26. The number of carbonyl (C=O) groups is 1. The van der Waals surface area contributed by atoms with Crippen LogP contribution in [0.1, 0.15) is 13.8 Å². The van der Waals surface area contributed by atoms with E-state index in [9.17, 15) is 9.18 Å². The van der Waals surface area contributed by atoms with E-state index in [2.05, 4.69) is 5.32 Å². The SMILES string of the molecule is CC(C)=CC(=O)NCCOc1ccccc1F. The minimum absolute atomic E-state index is 0.165. The molecule has 1 aromatic carbocycles. The Bertz CT molecular complexity index is 412. The van der Waals surface area contributed by atoms with Crippen LogP contribution < -0.4 is 10.1 Å². The van der Waals surface area contributed by atoms with E-state index in [-0.39, 0.29) is 18.3 Å². The summed E-state index contributed by atoms with van der Waals surface area (Å²) >= 11 is 0. The van der Waals surface area contributed by atoms with Crippen molar-refractivity contribution in [3.8, 4) is 5.75 Å². The first-order valence-corrected chi connectivity index (χ1v) is 5.39. The Kier molecular flexibility index (Phi) is 5.20. The van der Waals surface area contributed by atoms with Crippen LogP contribution in [0.2, 0.25) is 0 Å². The number of carbonyl (C=O) groups excluding carboxylic acids is 1. The number of nitrogens with one attached hydrogen (secondary N) is 1. The fourth-order valence-electron chi connectivity index (χ4n) is 1.21. The molecule has 1 rings (SSSR count). The zero-order chi connectivity index (χ0) is 12.7. The topological polar surface area (TPSA) is 38.3 Å². The molecule has 92 valence electrons. The van der Waals surface area contributed by atoms with E-state index >= 15 is 0 Å². The average molecular weight is 237 g/mol. The largest absolute Gasteiger partial charge is 0.489 e. The Hall–Kier alpha value is -1.84. The van der Waals surface area contributed by atoms with Crippen molar-refractivity contribution >= 4 is 5.91 Å². The Morgan fingerprint density at radius 1 is 1.41 bits per heavy atom. The van der Waals surface area contributed by atoms with Crippen LogP contribution in [0.5, 0.6) is 5.75 Å². The van der Waals surface area contributed by atoms with Crippen molar-refractivity contribution in [3.63, 3.8) is 0 Å². The molecule has 0 atom stereocenters. The summed E-state index contributed by atoms with van der Waals surface area (Å²) in [4.78, 5) is 11.2. The zero-order valence-electron chi connectivity index (χ0n) is 10.00. The minimum atomic E-state index is -0.400.